The summed E-state index contributed by atoms with van der Waals surface area (Å²) in [5, 5.41) is 9.11. The van der Waals surface area contributed by atoms with Crippen molar-refractivity contribution < 1.29 is 4.79 Å². The standard InChI is InChI=1S/C20H28N4O/c1-14(2)22-20(21-13-19(25)24(4)5)23-15(3)17-11-10-16-8-6-7-9-18(16)12-17/h6-12,14-15H,13H2,1-5H3,(H2,21,22,23). The third-order valence-corrected chi connectivity index (χ3v) is 3.92. The second-order valence-electron chi connectivity index (χ2n) is 6.72. The van der Waals surface area contributed by atoms with Gasteiger partial charge in [0.25, 0.3) is 0 Å². The van der Waals surface area contributed by atoms with Gasteiger partial charge in [-0.15, -0.1) is 0 Å². The molecule has 2 aromatic carbocycles. The molecule has 1 atom stereocenters. The van der Waals surface area contributed by atoms with Crippen LogP contribution in [-0.4, -0.2) is 43.4 Å². The van der Waals surface area contributed by atoms with E-state index in [0.717, 1.165) is 0 Å². The summed E-state index contributed by atoms with van der Waals surface area (Å²) in [4.78, 5) is 17.8. The van der Waals surface area contributed by atoms with E-state index in [1.54, 1.807) is 19.0 Å². The van der Waals surface area contributed by atoms with E-state index in [9.17, 15) is 4.79 Å². The van der Waals surface area contributed by atoms with E-state index in [1.807, 2.05) is 26.0 Å². The average molecular weight is 340 g/mol. The zero-order valence-electron chi connectivity index (χ0n) is 15.7. The minimum absolute atomic E-state index is 0.0248. The molecule has 0 saturated carbocycles. The molecule has 134 valence electrons. The van der Waals surface area contributed by atoms with Gasteiger partial charge in [0.05, 0.1) is 6.04 Å². The Balaban J connectivity index is 2.15. The van der Waals surface area contributed by atoms with Gasteiger partial charge in [-0.1, -0.05) is 36.4 Å². The number of hydrogen-bond acceptors (Lipinski definition) is 2. The number of benzene rings is 2. The molecule has 1 unspecified atom stereocenters. The van der Waals surface area contributed by atoms with Crippen LogP contribution in [0.1, 0.15) is 32.4 Å². The number of likely N-dealkylation sites (N-methyl/N-ethyl adjacent to an activating group) is 1. The first kappa shape index (κ1) is 18.8. The molecule has 2 aromatic rings. The Hall–Kier alpha value is -2.56. The molecule has 0 aliphatic carbocycles. The Labute approximate surface area is 150 Å². The molecule has 0 bridgehead atoms. The highest BCUT2D eigenvalue weighted by atomic mass is 16.2. The SMILES string of the molecule is CC(C)NC(=NCC(=O)N(C)C)NC(C)c1ccc2ccccc2c1. The second kappa shape index (κ2) is 8.51. The molecular weight excluding hydrogens is 312 g/mol. The van der Waals surface area contributed by atoms with Crippen molar-refractivity contribution in [2.24, 2.45) is 4.99 Å². The van der Waals surface area contributed by atoms with Crippen molar-refractivity contribution in [1.82, 2.24) is 15.5 Å². The fourth-order valence-corrected chi connectivity index (χ4v) is 2.46. The van der Waals surface area contributed by atoms with Crippen LogP contribution in [0.25, 0.3) is 10.8 Å². The van der Waals surface area contributed by atoms with Gasteiger partial charge in [0, 0.05) is 20.1 Å². The van der Waals surface area contributed by atoms with Gasteiger partial charge in [-0.25, -0.2) is 4.99 Å². The number of fused-ring (bicyclic) bond motifs is 1. The van der Waals surface area contributed by atoms with Gasteiger partial charge >= 0.3 is 0 Å². The van der Waals surface area contributed by atoms with E-state index < -0.39 is 0 Å². The maximum atomic E-state index is 11.8. The summed E-state index contributed by atoms with van der Waals surface area (Å²) in [6, 6.07) is 15.1. The van der Waals surface area contributed by atoms with E-state index in [-0.39, 0.29) is 24.5 Å². The zero-order chi connectivity index (χ0) is 18.4. The summed E-state index contributed by atoms with van der Waals surface area (Å²) < 4.78 is 0. The van der Waals surface area contributed by atoms with Crippen LogP contribution in [0.5, 0.6) is 0 Å². The van der Waals surface area contributed by atoms with Gasteiger partial charge in [0.15, 0.2) is 5.96 Å². The van der Waals surface area contributed by atoms with Crippen LogP contribution in [0, 0.1) is 0 Å². The van der Waals surface area contributed by atoms with Gasteiger partial charge in [0.2, 0.25) is 5.91 Å². The van der Waals surface area contributed by atoms with Gasteiger partial charge in [-0.05, 0) is 43.2 Å². The Kier molecular flexibility index (Phi) is 6.39. The Morgan fingerprint density at radius 1 is 1.04 bits per heavy atom. The Morgan fingerprint density at radius 2 is 1.72 bits per heavy atom. The fraction of sp³-hybridized carbons (Fsp3) is 0.400. The Bertz CT molecular complexity index is 752. The van der Waals surface area contributed by atoms with Crippen LogP contribution >= 0.6 is 0 Å². The van der Waals surface area contributed by atoms with Gasteiger partial charge in [-0.3, -0.25) is 4.79 Å². The minimum atomic E-state index is -0.0248. The first-order valence-corrected chi connectivity index (χ1v) is 8.63. The highest BCUT2D eigenvalue weighted by molar-refractivity contribution is 5.86. The minimum Gasteiger partial charge on any atom is -0.354 e. The maximum absolute atomic E-state index is 11.8. The number of rotatable bonds is 5. The number of hydrogen-bond donors (Lipinski definition) is 2. The van der Waals surface area contributed by atoms with Crippen molar-refractivity contribution in [3.8, 4) is 0 Å². The number of carbonyl (C=O) groups is 1. The van der Waals surface area contributed by atoms with E-state index in [0.29, 0.717) is 5.96 Å². The predicted molar refractivity (Wildman–Crippen MR) is 105 cm³/mol. The van der Waals surface area contributed by atoms with Crippen molar-refractivity contribution in [3.05, 3.63) is 48.0 Å². The maximum Gasteiger partial charge on any atom is 0.243 e. The average Bonchev–Trinajstić information content (AvgIpc) is 2.58. The molecule has 1 amide bonds. The predicted octanol–water partition coefficient (Wildman–Crippen LogP) is 2.93. The van der Waals surface area contributed by atoms with Gasteiger partial charge in [0.1, 0.15) is 6.54 Å². The van der Waals surface area contributed by atoms with Crippen molar-refractivity contribution in [1.29, 1.82) is 0 Å². The summed E-state index contributed by atoms with van der Waals surface area (Å²) in [7, 11) is 3.47. The quantitative estimate of drug-likeness (QED) is 0.650. The molecule has 0 aliphatic rings. The largest absolute Gasteiger partial charge is 0.354 e. The Morgan fingerprint density at radius 3 is 2.36 bits per heavy atom. The lowest BCUT2D eigenvalue weighted by molar-refractivity contribution is -0.127. The molecule has 0 heterocycles. The van der Waals surface area contributed by atoms with Crippen molar-refractivity contribution in [2.75, 3.05) is 20.6 Å². The zero-order valence-corrected chi connectivity index (χ0v) is 15.7. The van der Waals surface area contributed by atoms with E-state index >= 15 is 0 Å². The summed E-state index contributed by atoms with van der Waals surface area (Å²) in [5.41, 5.74) is 1.18. The topological polar surface area (TPSA) is 56.7 Å². The lowest BCUT2D eigenvalue weighted by Crippen LogP contribution is -2.43. The molecule has 0 radical (unpaired) electrons. The van der Waals surface area contributed by atoms with E-state index in [4.69, 9.17) is 0 Å². The number of nitrogens with zero attached hydrogens (tertiary/aromatic N) is 2. The highest BCUT2D eigenvalue weighted by Crippen LogP contribution is 2.20. The molecule has 0 fully saturated rings. The molecule has 5 heteroatoms. The molecular formula is C20H28N4O. The first-order valence-electron chi connectivity index (χ1n) is 8.63. The smallest absolute Gasteiger partial charge is 0.243 e. The van der Waals surface area contributed by atoms with Crippen LogP contribution in [0.3, 0.4) is 0 Å². The molecule has 0 spiro atoms. The van der Waals surface area contributed by atoms with Crippen LogP contribution in [0.4, 0.5) is 0 Å². The monoisotopic (exact) mass is 340 g/mol. The molecule has 0 aromatic heterocycles. The number of guanidine groups is 1. The van der Waals surface area contributed by atoms with Gasteiger partial charge in [-0.2, -0.15) is 0 Å². The van der Waals surface area contributed by atoms with Crippen molar-refractivity contribution in [2.45, 2.75) is 32.9 Å². The normalized spacial score (nSPS) is 13.0. The van der Waals surface area contributed by atoms with Crippen molar-refractivity contribution in [3.63, 3.8) is 0 Å². The van der Waals surface area contributed by atoms with Crippen LogP contribution < -0.4 is 10.6 Å². The summed E-state index contributed by atoms with van der Waals surface area (Å²) >= 11 is 0. The third-order valence-electron chi connectivity index (χ3n) is 3.92. The fourth-order valence-electron chi connectivity index (χ4n) is 2.46. The number of aliphatic imine (C=N–C) groups is 1. The van der Waals surface area contributed by atoms with Crippen LogP contribution in [0.15, 0.2) is 47.5 Å². The first-order chi connectivity index (χ1) is 11.9. The number of nitrogens with one attached hydrogen (secondary N) is 2. The lowest BCUT2D eigenvalue weighted by Gasteiger charge is -2.21. The third kappa shape index (κ3) is 5.48. The van der Waals surface area contributed by atoms with E-state index in [1.165, 1.54) is 16.3 Å². The highest BCUT2D eigenvalue weighted by Gasteiger charge is 2.11. The van der Waals surface area contributed by atoms with Crippen molar-refractivity contribution >= 4 is 22.6 Å². The van der Waals surface area contributed by atoms with E-state index in [2.05, 4.69) is 52.9 Å². The number of carbonyl (C=O) groups excluding carboxylic acids is 1. The summed E-state index contributed by atoms with van der Waals surface area (Å²) in [5.74, 6) is 0.620. The molecule has 2 N–H and O–H groups in total. The number of amides is 1. The molecule has 0 saturated heterocycles. The summed E-state index contributed by atoms with van der Waals surface area (Å²) in [6.45, 7) is 6.31. The van der Waals surface area contributed by atoms with Crippen LogP contribution in [0.2, 0.25) is 0 Å². The van der Waals surface area contributed by atoms with Crippen LogP contribution in [-0.2, 0) is 4.79 Å². The molecule has 2 rings (SSSR count). The lowest BCUT2D eigenvalue weighted by atomic mass is 10.0. The molecule has 5 nitrogen and oxygen atoms in total. The summed E-state index contributed by atoms with van der Waals surface area (Å²) in [6.07, 6.45) is 0. The molecule has 25 heavy (non-hydrogen) atoms. The second-order valence-corrected chi connectivity index (χ2v) is 6.72. The van der Waals surface area contributed by atoms with Gasteiger partial charge < -0.3 is 15.5 Å². The molecule has 0 aliphatic heterocycles.